The normalized spacial score (nSPS) is 13.4. The van der Waals surface area contributed by atoms with E-state index in [2.05, 4.69) is 74.6 Å². The Labute approximate surface area is 559 Å². The molecule has 0 heterocycles. The van der Waals surface area contributed by atoms with E-state index in [-0.39, 0.29) is 32.0 Å². The minimum absolute atomic E-state index is 0.0281. The van der Waals surface area contributed by atoms with Gasteiger partial charge in [0.25, 0.3) is 7.82 Å². The molecule has 0 N–H and O–H groups in total. The van der Waals surface area contributed by atoms with Gasteiger partial charge in [0.05, 0.1) is 27.7 Å². The summed E-state index contributed by atoms with van der Waals surface area (Å²) in [5.41, 5.74) is 0. The maximum atomic E-state index is 12.9. The van der Waals surface area contributed by atoms with E-state index >= 15 is 0 Å². The van der Waals surface area contributed by atoms with Gasteiger partial charge in [-0.2, -0.15) is 0 Å². The van der Waals surface area contributed by atoms with Crippen LogP contribution in [0.1, 0.15) is 386 Å². The standard InChI is InChI=1S/C80H150NO8P/c1-6-8-10-12-14-16-18-20-22-24-26-28-30-32-34-36-37-38-39-40-41-42-43-45-47-49-51-53-55-57-59-61-63-65-67-69-71-73-80(83)89-78(77-88-90(84,85)87-75-74-81(3,4)5)76-86-79(82)72-70-68-66-64-62-60-58-56-54-52-50-48-46-44-35-33-31-29-27-25-23-21-19-17-15-13-11-9-7-2/h8,10,14,16,20,22,26,28,32,34,78H,6-7,9,11-13,15,17-19,21,23-25,27,29-31,33,35-77H2,1-5H3/b10-8-,16-14-,22-20-,28-26-,34-32-. The second kappa shape index (κ2) is 71.0. The number of esters is 2. The number of carbonyl (C=O) groups is 2. The van der Waals surface area contributed by atoms with Gasteiger partial charge in [0.2, 0.25) is 0 Å². The van der Waals surface area contributed by atoms with Gasteiger partial charge in [0.15, 0.2) is 6.10 Å². The molecule has 90 heavy (non-hydrogen) atoms. The molecule has 10 heteroatoms. The quantitative estimate of drug-likeness (QED) is 0.0195. The maximum absolute atomic E-state index is 12.9. The van der Waals surface area contributed by atoms with Crippen LogP contribution in [-0.4, -0.2) is 70.0 Å². The van der Waals surface area contributed by atoms with E-state index in [0.29, 0.717) is 17.4 Å². The molecule has 0 fully saturated rings. The topological polar surface area (TPSA) is 111 Å². The van der Waals surface area contributed by atoms with Crippen molar-refractivity contribution in [2.75, 3.05) is 47.5 Å². The second-order valence-electron chi connectivity index (χ2n) is 27.7. The van der Waals surface area contributed by atoms with Gasteiger partial charge in [0.1, 0.15) is 19.8 Å². The Hall–Kier alpha value is -2.29. The van der Waals surface area contributed by atoms with Crippen molar-refractivity contribution >= 4 is 19.8 Å². The van der Waals surface area contributed by atoms with Gasteiger partial charge in [-0.25, -0.2) is 0 Å². The van der Waals surface area contributed by atoms with E-state index in [1.54, 1.807) is 0 Å². The smallest absolute Gasteiger partial charge is 0.306 e. The monoisotopic (exact) mass is 1280 g/mol. The Balaban J connectivity index is 3.93. The highest BCUT2D eigenvalue weighted by atomic mass is 31.2. The fraction of sp³-hybridized carbons (Fsp3) is 0.850. The van der Waals surface area contributed by atoms with Gasteiger partial charge >= 0.3 is 11.9 Å². The summed E-state index contributed by atoms with van der Waals surface area (Å²) in [4.78, 5) is 38.2. The lowest BCUT2D eigenvalue weighted by Crippen LogP contribution is -2.37. The van der Waals surface area contributed by atoms with Crippen LogP contribution in [0.15, 0.2) is 60.8 Å². The Morgan fingerprint density at radius 1 is 0.356 bits per heavy atom. The van der Waals surface area contributed by atoms with E-state index in [9.17, 15) is 19.0 Å². The number of allylic oxidation sites excluding steroid dienone is 10. The molecule has 528 valence electrons. The Kier molecular flexibility index (Phi) is 69.2. The molecule has 0 radical (unpaired) electrons. The van der Waals surface area contributed by atoms with Crippen LogP contribution in [0.3, 0.4) is 0 Å². The number of rotatable bonds is 73. The van der Waals surface area contributed by atoms with Gasteiger partial charge in [-0.15, -0.1) is 0 Å². The number of phosphoric acid groups is 1. The molecule has 0 spiro atoms. The van der Waals surface area contributed by atoms with E-state index < -0.39 is 26.5 Å². The zero-order valence-electron chi connectivity index (χ0n) is 60.4. The molecule has 0 aliphatic carbocycles. The summed E-state index contributed by atoms with van der Waals surface area (Å²) < 4.78 is 34.4. The van der Waals surface area contributed by atoms with Crippen LogP contribution in [0.5, 0.6) is 0 Å². The summed E-state index contributed by atoms with van der Waals surface area (Å²) in [5, 5.41) is 0. The number of hydrogen-bond acceptors (Lipinski definition) is 8. The van der Waals surface area contributed by atoms with Crippen molar-refractivity contribution in [2.24, 2.45) is 0 Å². The van der Waals surface area contributed by atoms with Crippen LogP contribution in [0.2, 0.25) is 0 Å². The lowest BCUT2D eigenvalue weighted by molar-refractivity contribution is -0.870. The molecule has 0 aliphatic rings. The van der Waals surface area contributed by atoms with Crippen LogP contribution in [0, 0.1) is 0 Å². The molecule has 0 aromatic carbocycles. The Morgan fingerprint density at radius 2 is 0.633 bits per heavy atom. The van der Waals surface area contributed by atoms with Crippen molar-refractivity contribution in [3.8, 4) is 0 Å². The summed E-state index contributed by atoms with van der Waals surface area (Å²) in [6.45, 7) is 4.20. The van der Waals surface area contributed by atoms with Crippen molar-refractivity contribution in [3.63, 3.8) is 0 Å². The number of carbonyl (C=O) groups excluding carboxylic acids is 2. The Morgan fingerprint density at radius 3 is 0.944 bits per heavy atom. The molecule has 2 atom stereocenters. The first-order valence-electron chi connectivity index (χ1n) is 39.0. The SMILES string of the molecule is CC/C=C\C/C=C\C/C=C\C/C=C\C/C=C\CCCCCCCCCCCCCCCCCCCCCCCC(=O)OC(COC(=O)CCCCCCCCCCCCCCCCCCCCCCCCCCCCCCC)COP(=O)([O-])OCC[N+](C)(C)C. The molecule has 0 bridgehead atoms. The fourth-order valence-electron chi connectivity index (χ4n) is 11.6. The average Bonchev–Trinajstić information content (AvgIpc) is 3.58. The van der Waals surface area contributed by atoms with Crippen molar-refractivity contribution in [2.45, 2.75) is 392 Å². The molecule has 0 saturated carbocycles. The third-order valence-electron chi connectivity index (χ3n) is 17.6. The van der Waals surface area contributed by atoms with Crippen molar-refractivity contribution in [1.29, 1.82) is 0 Å². The first kappa shape index (κ1) is 87.7. The number of nitrogens with zero attached hydrogens (tertiary/aromatic N) is 1. The van der Waals surface area contributed by atoms with E-state index in [4.69, 9.17) is 18.5 Å². The van der Waals surface area contributed by atoms with E-state index in [1.807, 2.05) is 21.1 Å². The highest BCUT2D eigenvalue weighted by Gasteiger charge is 2.22. The maximum Gasteiger partial charge on any atom is 0.306 e. The molecule has 0 aliphatic heterocycles. The van der Waals surface area contributed by atoms with Crippen molar-refractivity contribution in [1.82, 2.24) is 0 Å². The molecular weight excluding hydrogens is 1130 g/mol. The number of unbranched alkanes of at least 4 members (excludes halogenated alkanes) is 49. The molecule has 0 rings (SSSR count). The first-order valence-corrected chi connectivity index (χ1v) is 40.5. The molecule has 0 amide bonds. The van der Waals surface area contributed by atoms with Gasteiger partial charge in [0, 0.05) is 12.8 Å². The molecule has 2 unspecified atom stereocenters. The largest absolute Gasteiger partial charge is 0.756 e. The van der Waals surface area contributed by atoms with Gasteiger partial charge < -0.3 is 27.9 Å². The van der Waals surface area contributed by atoms with Crippen LogP contribution >= 0.6 is 7.82 Å². The summed E-state index contributed by atoms with van der Waals surface area (Å²) in [7, 11) is 1.19. The van der Waals surface area contributed by atoms with E-state index in [0.717, 1.165) is 64.2 Å². The summed E-state index contributed by atoms with van der Waals surface area (Å²) >= 11 is 0. The lowest BCUT2D eigenvalue weighted by atomic mass is 10.0. The number of quaternary nitrogens is 1. The zero-order chi connectivity index (χ0) is 65.5. The highest BCUT2D eigenvalue weighted by Crippen LogP contribution is 2.38. The van der Waals surface area contributed by atoms with Gasteiger partial charge in [-0.3, -0.25) is 14.2 Å². The van der Waals surface area contributed by atoms with Crippen LogP contribution < -0.4 is 4.89 Å². The number of ether oxygens (including phenoxy) is 2. The number of phosphoric ester groups is 1. The molecule has 0 saturated heterocycles. The summed E-state index contributed by atoms with van der Waals surface area (Å²) in [6.07, 6.45) is 94.8. The average molecular weight is 1290 g/mol. The number of hydrogen-bond donors (Lipinski definition) is 0. The molecular formula is C80H150NO8P. The predicted octanol–water partition coefficient (Wildman–Crippen LogP) is 25.1. The third-order valence-corrected chi connectivity index (χ3v) is 18.5. The van der Waals surface area contributed by atoms with Crippen molar-refractivity contribution in [3.05, 3.63) is 60.8 Å². The van der Waals surface area contributed by atoms with Crippen LogP contribution in [0.4, 0.5) is 0 Å². The minimum atomic E-state index is -4.64. The summed E-state index contributed by atoms with van der Waals surface area (Å²) in [6, 6.07) is 0. The third kappa shape index (κ3) is 74.7. The summed E-state index contributed by atoms with van der Waals surface area (Å²) in [5.74, 6) is -0.809. The predicted molar refractivity (Wildman–Crippen MR) is 388 cm³/mol. The Bertz CT molecular complexity index is 1700. The number of likely N-dealkylation sites (N-methyl/N-ethyl adjacent to an activating group) is 1. The minimum Gasteiger partial charge on any atom is -0.756 e. The molecule has 9 nitrogen and oxygen atoms in total. The second-order valence-corrected chi connectivity index (χ2v) is 29.1. The molecule has 0 aromatic heterocycles. The fourth-order valence-corrected chi connectivity index (χ4v) is 12.4. The molecule has 0 aromatic rings. The van der Waals surface area contributed by atoms with Crippen molar-refractivity contribution < 1.29 is 42.1 Å². The zero-order valence-corrected chi connectivity index (χ0v) is 61.2. The van der Waals surface area contributed by atoms with Crippen LogP contribution in [0.25, 0.3) is 0 Å². The van der Waals surface area contributed by atoms with Gasteiger partial charge in [-0.05, 0) is 57.8 Å². The van der Waals surface area contributed by atoms with E-state index in [1.165, 1.54) is 289 Å². The lowest BCUT2D eigenvalue weighted by Gasteiger charge is -2.28. The van der Waals surface area contributed by atoms with Crippen LogP contribution in [-0.2, 0) is 32.7 Å². The highest BCUT2D eigenvalue weighted by molar-refractivity contribution is 7.45. The van der Waals surface area contributed by atoms with Gasteiger partial charge in [-0.1, -0.05) is 376 Å². The first-order chi connectivity index (χ1) is 44.0.